The van der Waals surface area contributed by atoms with E-state index >= 15 is 0 Å². The number of hydrogen-bond acceptors (Lipinski definition) is 5. The molecule has 5 nitrogen and oxygen atoms in total. The molecular weight excluding hydrogens is 370 g/mol. The van der Waals surface area contributed by atoms with E-state index in [1.54, 1.807) is 42.5 Å². The Hall–Kier alpha value is -3.25. The van der Waals surface area contributed by atoms with Crippen LogP contribution in [0, 0.1) is 6.92 Å². The van der Waals surface area contributed by atoms with E-state index in [1.807, 2.05) is 43.3 Å². The van der Waals surface area contributed by atoms with Gasteiger partial charge in [0.05, 0.1) is 29.6 Å². The summed E-state index contributed by atoms with van der Waals surface area (Å²) < 4.78 is 6.26. The van der Waals surface area contributed by atoms with Crippen molar-refractivity contribution in [3.8, 4) is 5.75 Å². The van der Waals surface area contributed by atoms with Gasteiger partial charge in [-0.15, -0.1) is 0 Å². The lowest BCUT2D eigenvalue weighted by Crippen LogP contribution is -2.30. The number of para-hydroxylation sites is 1. The lowest BCUT2D eigenvalue weighted by molar-refractivity contribution is 0.0985. The average molecular weight is 389 g/mol. The SMILES string of the molecule is COc1ccc(C(=O)N(Cc2ccccn2)c2nc3c(C)cccc3s2)cc1. The molecule has 0 radical (unpaired) electrons. The summed E-state index contributed by atoms with van der Waals surface area (Å²) in [5.41, 5.74) is 3.40. The molecule has 0 fully saturated rings. The number of aryl methyl sites for hydroxylation is 1. The zero-order chi connectivity index (χ0) is 19.5. The maximum absolute atomic E-state index is 13.3. The van der Waals surface area contributed by atoms with Crippen molar-refractivity contribution in [2.75, 3.05) is 12.0 Å². The van der Waals surface area contributed by atoms with Crippen LogP contribution in [0.3, 0.4) is 0 Å². The monoisotopic (exact) mass is 389 g/mol. The number of thiazole rings is 1. The maximum Gasteiger partial charge on any atom is 0.260 e. The number of carbonyl (C=O) groups excluding carboxylic acids is 1. The lowest BCUT2D eigenvalue weighted by Gasteiger charge is -2.19. The number of aromatic nitrogens is 2. The topological polar surface area (TPSA) is 55.3 Å². The van der Waals surface area contributed by atoms with Gasteiger partial charge in [-0.2, -0.15) is 0 Å². The number of benzene rings is 2. The molecule has 2 aromatic carbocycles. The Balaban J connectivity index is 1.75. The normalized spacial score (nSPS) is 10.8. The fraction of sp³-hybridized carbons (Fsp3) is 0.136. The number of nitrogens with zero attached hydrogens (tertiary/aromatic N) is 3. The molecule has 4 aromatic rings. The van der Waals surface area contributed by atoms with Crippen LogP contribution < -0.4 is 9.64 Å². The van der Waals surface area contributed by atoms with Gasteiger partial charge in [0, 0.05) is 11.8 Å². The van der Waals surface area contributed by atoms with Crippen LogP contribution in [0.5, 0.6) is 5.75 Å². The third-order valence-corrected chi connectivity index (χ3v) is 5.51. The first kappa shape index (κ1) is 18.1. The van der Waals surface area contributed by atoms with E-state index in [0.29, 0.717) is 23.0 Å². The molecule has 0 saturated carbocycles. The molecule has 0 aliphatic heterocycles. The first-order valence-corrected chi connectivity index (χ1v) is 9.69. The minimum atomic E-state index is -0.120. The number of fused-ring (bicyclic) bond motifs is 1. The highest BCUT2D eigenvalue weighted by Crippen LogP contribution is 2.32. The lowest BCUT2D eigenvalue weighted by atomic mass is 10.2. The number of methoxy groups -OCH3 is 1. The zero-order valence-corrected chi connectivity index (χ0v) is 16.4. The van der Waals surface area contributed by atoms with Gasteiger partial charge >= 0.3 is 0 Å². The van der Waals surface area contributed by atoms with Crippen LogP contribution in [-0.2, 0) is 6.54 Å². The summed E-state index contributed by atoms with van der Waals surface area (Å²) >= 11 is 1.51. The van der Waals surface area contributed by atoms with Crippen LogP contribution in [0.1, 0.15) is 21.6 Å². The molecule has 0 spiro atoms. The quantitative estimate of drug-likeness (QED) is 0.489. The number of hydrogen-bond donors (Lipinski definition) is 0. The van der Waals surface area contributed by atoms with Gasteiger partial charge in [0.1, 0.15) is 5.75 Å². The highest BCUT2D eigenvalue weighted by Gasteiger charge is 2.22. The number of anilines is 1. The second-order valence-electron chi connectivity index (χ2n) is 6.36. The molecule has 28 heavy (non-hydrogen) atoms. The predicted molar refractivity (Wildman–Crippen MR) is 112 cm³/mol. The largest absolute Gasteiger partial charge is 0.497 e. The summed E-state index contributed by atoms with van der Waals surface area (Å²) in [7, 11) is 1.60. The van der Waals surface area contributed by atoms with Gasteiger partial charge in [-0.1, -0.05) is 29.5 Å². The van der Waals surface area contributed by atoms with E-state index in [9.17, 15) is 4.79 Å². The number of pyridine rings is 1. The van der Waals surface area contributed by atoms with Gasteiger partial charge in [0.15, 0.2) is 5.13 Å². The van der Waals surface area contributed by atoms with Crippen LogP contribution in [0.15, 0.2) is 66.9 Å². The minimum absolute atomic E-state index is 0.120. The summed E-state index contributed by atoms with van der Waals surface area (Å²) in [5, 5.41) is 0.663. The molecule has 0 saturated heterocycles. The molecule has 4 rings (SSSR count). The summed E-state index contributed by atoms with van der Waals surface area (Å²) in [6.45, 7) is 2.38. The molecule has 6 heteroatoms. The summed E-state index contributed by atoms with van der Waals surface area (Å²) in [4.78, 5) is 24.2. The molecule has 2 aromatic heterocycles. The van der Waals surface area contributed by atoms with Crippen molar-refractivity contribution in [1.29, 1.82) is 0 Å². The first-order chi connectivity index (χ1) is 13.7. The van der Waals surface area contributed by atoms with Crippen molar-refractivity contribution in [3.05, 3.63) is 83.7 Å². The second kappa shape index (κ2) is 7.78. The zero-order valence-electron chi connectivity index (χ0n) is 15.6. The van der Waals surface area contributed by atoms with Crippen LogP contribution in [0.2, 0.25) is 0 Å². The van der Waals surface area contributed by atoms with Gasteiger partial charge in [0.25, 0.3) is 5.91 Å². The highest BCUT2D eigenvalue weighted by molar-refractivity contribution is 7.22. The smallest absolute Gasteiger partial charge is 0.260 e. The van der Waals surface area contributed by atoms with Crippen molar-refractivity contribution in [3.63, 3.8) is 0 Å². The van der Waals surface area contributed by atoms with Crippen molar-refractivity contribution in [1.82, 2.24) is 9.97 Å². The van der Waals surface area contributed by atoms with Gasteiger partial charge < -0.3 is 4.74 Å². The number of amides is 1. The molecule has 0 bridgehead atoms. The Morgan fingerprint density at radius 1 is 1.07 bits per heavy atom. The number of carbonyl (C=O) groups is 1. The van der Waals surface area contributed by atoms with Crippen LogP contribution in [0.4, 0.5) is 5.13 Å². The van der Waals surface area contributed by atoms with Crippen LogP contribution >= 0.6 is 11.3 Å². The Morgan fingerprint density at radius 2 is 1.89 bits per heavy atom. The molecule has 1 amide bonds. The third-order valence-electron chi connectivity index (χ3n) is 4.47. The van der Waals surface area contributed by atoms with Crippen LogP contribution in [0.25, 0.3) is 10.2 Å². The fourth-order valence-corrected chi connectivity index (χ4v) is 4.00. The standard InChI is InChI=1S/C22H19N3O2S/c1-15-6-5-8-19-20(15)24-22(28-19)25(14-17-7-3-4-13-23-17)21(26)16-9-11-18(27-2)12-10-16/h3-13H,14H2,1-2H3. The average Bonchev–Trinajstić information content (AvgIpc) is 3.18. The fourth-order valence-electron chi connectivity index (χ4n) is 2.96. The van der Waals surface area contributed by atoms with Gasteiger partial charge in [-0.25, -0.2) is 4.98 Å². The molecule has 0 N–H and O–H groups in total. The third kappa shape index (κ3) is 3.59. The number of ether oxygens (including phenoxy) is 1. The maximum atomic E-state index is 13.3. The van der Waals surface area contributed by atoms with Gasteiger partial charge in [-0.3, -0.25) is 14.7 Å². The van der Waals surface area contributed by atoms with Gasteiger partial charge in [0.2, 0.25) is 0 Å². The van der Waals surface area contributed by atoms with Crippen molar-refractivity contribution in [2.24, 2.45) is 0 Å². The molecule has 0 atom stereocenters. The molecular formula is C22H19N3O2S. The molecule has 0 aliphatic rings. The summed E-state index contributed by atoms with van der Waals surface area (Å²) in [5.74, 6) is 0.591. The Bertz CT molecular complexity index is 1110. The van der Waals surface area contributed by atoms with Crippen LogP contribution in [-0.4, -0.2) is 23.0 Å². The summed E-state index contributed by atoms with van der Waals surface area (Å²) in [6, 6.07) is 18.9. The van der Waals surface area contributed by atoms with E-state index in [-0.39, 0.29) is 5.91 Å². The first-order valence-electron chi connectivity index (χ1n) is 8.87. The Morgan fingerprint density at radius 3 is 2.57 bits per heavy atom. The van der Waals surface area contributed by atoms with E-state index in [2.05, 4.69) is 4.98 Å². The predicted octanol–water partition coefficient (Wildman–Crippen LogP) is 4.86. The van der Waals surface area contributed by atoms with E-state index in [0.717, 1.165) is 21.5 Å². The van der Waals surface area contributed by atoms with Crippen molar-refractivity contribution >= 4 is 32.6 Å². The number of rotatable bonds is 5. The highest BCUT2D eigenvalue weighted by atomic mass is 32.1. The summed E-state index contributed by atoms with van der Waals surface area (Å²) in [6.07, 6.45) is 1.73. The van der Waals surface area contributed by atoms with Crippen molar-refractivity contribution in [2.45, 2.75) is 13.5 Å². The van der Waals surface area contributed by atoms with E-state index < -0.39 is 0 Å². The molecule has 140 valence electrons. The van der Waals surface area contributed by atoms with Crippen molar-refractivity contribution < 1.29 is 9.53 Å². The molecule has 0 aliphatic carbocycles. The van der Waals surface area contributed by atoms with E-state index in [1.165, 1.54) is 11.3 Å². The Kier molecular flexibility index (Phi) is 5.04. The minimum Gasteiger partial charge on any atom is -0.497 e. The Labute approximate surface area is 167 Å². The van der Waals surface area contributed by atoms with E-state index in [4.69, 9.17) is 9.72 Å². The van der Waals surface area contributed by atoms with Gasteiger partial charge in [-0.05, 0) is 55.0 Å². The molecule has 2 heterocycles. The second-order valence-corrected chi connectivity index (χ2v) is 7.37. The molecule has 0 unspecified atom stereocenters.